The molecule has 0 spiro atoms. The molecule has 0 aliphatic carbocycles. The summed E-state index contributed by atoms with van der Waals surface area (Å²) in [6.45, 7) is 0. The van der Waals surface area contributed by atoms with E-state index >= 15 is 0 Å². The van der Waals surface area contributed by atoms with Crippen LogP contribution in [0.2, 0.25) is 0 Å². The van der Waals surface area contributed by atoms with E-state index in [1.165, 1.54) is 6.21 Å². The molecule has 2 amide bonds. The molecule has 25 heavy (non-hydrogen) atoms. The number of methoxy groups -OCH3 is 2. The van der Waals surface area contributed by atoms with Gasteiger partial charge in [-0.3, -0.25) is 20.2 Å². The molecular formula is C16H24N4O5. The van der Waals surface area contributed by atoms with Crippen LogP contribution in [-0.4, -0.2) is 37.5 Å². The number of nitrogens with one attached hydrogen (secondary N) is 3. The minimum Gasteiger partial charge on any atom is -0.493 e. The molecule has 0 saturated carbocycles. The van der Waals surface area contributed by atoms with Crippen LogP contribution in [0.5, 0.6) is 11.5 Å². The fourth-order valence-corrected chi connectivity index (χ4v) is 2.00. The van der Waals surface area contributed by atoms with Crippen molar-refractivity contribution in [3.63, 3.8) is 0 Å². The highest BCUT2D eigenvalue weighted by atomic mass is 16.5. The van der Waals surface area contributed by atoms with Crippen LogP contribution in [0.25, 0.3) is 0 Å². The molecule has 0 aromatic heterocycles. The molecule has 138 valence electrons. The predicted octanol–water partition coefficient (Wildman–Crippen LogP) is 1.11. The van der Waals surface area contributed by atoms with Crippen molar-refractivity contribution in [3.8, 4) is 11.5 Å². The third-order valence-corrected chi connectivity index (χ3v) is 3.31. The molecule has 0 atom stereocenters. The third kappa shape index (κ3) is 8.02. The molecule has 0 radical (unpaired) electrons. The first-order chi connectivity index (χ1) is 12.1. The lowest BCUT2D eigenvalue weighted by atomic mass is 10.1. The Kier molecular flexibility index (Phi) is 9.46. The number of ether oxygens (including phenoxy) is 2. The minimum atomic E-state index is -0.421. The van der Waals surface area contributed by atoms with Crippen LogP contribution in [0.15, 0.2) is 23.3 Å². The lowest BCUT2D eigenvalue weighted by Crippen LogP contribution is -2.33. The molecule has 0 unspecified atom stereocenters. The van der Waals surface area contributed by atoms with Gasteiger partial charge in [0.2, 0.25) is 11.8 Å². The Morgan fingerprint density at radius 3 is 2.40 bits per heavy atom. The molecule has 1 aromatic carbocycles. The molecule has 0 aliphatic heterocycles. The molecule has 9 nitrogen and oxygen atoms in total. The Morgan fingerprint density at radius 2 is 1.76 bits per heavy atom. The van der Waals surface area contributed by atoms with Gasteiger partial charge in [0.05, 0.1) is 20.4 Å². The van der Waals surface area contributed by atoms with Gasteiger partial charge in [-0.1, -0.05) is 6.42 Å². The Labute approximate surface area is 146 Å². The van der Waals surface area contributed by atoms with Gasteiger partial charge in [0.1, 0.15) is 0 Å². The summed E-state index contributed by atoms with van der Waals surface area (Å²) in [6, 6.07) is 5.32. The van der Waals surface area contributed by atoms with E-state index in [0.717, 1.165) is 12.0 Å². The van der Waals surface area contributed by atoms with Gasteiger partial charge >= 0.3 is 0 Å². The van der Waals surface area contributed by atoms with E-state index in [9.17, 15) is 9.59 Å². The second kappa shape index (κ2) is 11.7. The molecule has 0 heterocycles. The number of rotatable bonds is 11. The van der Waals surface area contributed by atoms with E-state index in [1.54, 1.807) is 37.9 Å². The highest BCUT2D eigenvalue weighted by Crippen LogP contribution is 2.26. The number of nitrogens with zero attached hydrogens (tertiary/aromatic N) is 1. The first-order valence-corrected chi connectivity index (χ1v) is 7.82. The van der Waals surface area contributed by atoms with E-state index in [2.05, 4.69) is 16.1 Å². The van der Waals surface area contributed by atoms with Crippen LogP contribution >= 0.6 is 0 Å². The van der Waals surface area contributed by atoms with Gasteiger partial charge in [-0.2, -0.15) is 5.10 Å². The van der Waals surface area contributed by atoms with Crippen LogP contribution in [0, 0.1) is 0 Å². The lowest BCUT2D eigenvalue weighted by molar-refractivity contribution is -0.129. The second-order valence-corrected chi connectivity index (χ2v) is 5.13. The van der Waals surface area contributed by atoms with Crippen molar-refractivity contribution in [2.45, 2.75) is 32.1 Å². The molecular weight excluding hydrogens is 328 g/mol. The number of unbranched alkanes of at least 4 members (excludes halogenated alkanes) is 2. The number of benzene rings is 1. The van der Waals surface area contributed by atoms with E-state index < -0.39 is 5.91 Å². The molecule has 9 heteroatoms. The number of hydrazone groups is 1. The Morgan fingerprint density at radius 1 is 1.08 bits per heavy atom. The largest absolute Gasteiger partial charge is 0.493 e. The van der Waals surface area contributed by atoms with Crippen LogP contribution < -0.4 is 25.9 Å². The maximum absolute atomic E-state index is 11.6. The summed E-state index contributed by atoms with van der Waals surface area (Å²) in [7, 11) is 3.11. The van der Waals surface area contributed by atoms with Crippen LogP contribution in [0.4, 0.5) is 0 Å². The second-order valence-electron chi connectivity index (χ2n) is 5.13. The first kappa shape index (κ1) is 20.2. The minimum absolute atomic E-state index is 0.198. The van der Waals surface area contributed by atoms with E-state index in [0.29, 0.717) is 30.8 Å². The average molecular weight is 352 g/mol. The zero-order chi connectivity index (χ0) is 18.5. The number of hydrogen-bond donors (Lipinski definition) is 4. The van der Waals surface area contributed by atoms with E-state index in [-0.39, 0.29) is 12.3 Å². The first-order valence-electron chi connectivity index (χ1n) is 7.82. The summed E-state index contributed by atoms with van der Waals surface area (Å²) in [5.41, 5.74) is 7.27. The quantitative estimate of drug-likeness (QED) is 0.205. The van der Waals surface area contributed by atoms with Gasteiger partial charge in [0, 0.05) is 12.8 Å². The third-order valence-electron chi connectivity index (χ3n) is 3.31. The van der Waals surface area contributed by atoms with Crippen molar-refractivity contribution in [2.75, 3.05) is 14.2 Å². The van der Waals surface area contributed by atoms with Gasteiger partial charge in [-0.25, -0.2) is 11.0 Å². The smallest absolute Gasteiger partial charge is 0.243 e. The summed E-state index contributed by atoms with van der Waals surface area (Å²) in [5, 5.41) is 12.2. The van der Waals surface area contributed by atoms with Crippen molar-refractivity contribution in [3.05, 3.63) is 23.8 Å². The van der Waals surface area contributed by atoms with Crippen LogP contribution in [0.1, 0.15) is 37.7 Å². The van der Waals surface area contributed by atoms with E-state index in [4.69, 9.17) is 14.7 Å². The molecule has 0 saturated heterocycles. The number of hydrogen-bond acceptors (Lipinski definition) is 7. The lowest BCUT2D eigenvalue weighted by Gasteiger charge is -2.07. The predicted molar refractivity (Wildman–Crippen MR) is 91.4 cm³/mol. The summed E-state index contributed by atoms with van der Waals surface area (Å²) >= 11 is 0. The van der Waals surface area contributed by atoms with E-state index in [1.807, 2.05) is 0 Å². The monoisotopic (exact) mass is 352 g/mol. The van der Waals surface area contributed by atoms with Crippen molar-refractivity contribution < 1.29 is 24.3 Å². The molecule has 0 aliphatic rings. The standard InChI is InChI=1S/C16H24N4O5/c1-24-13-9-8-12(10-14(13)25-2)11-17-20-18-15(21)6-4-3-5-7-16(22)19-23/h8-11,20,23H,3-7H2,1-2H3,(H,18,21)(H,19,22)/b17-11+. The maximum Gasteiger partial charge on any atom is 0.243 e. The fraction of sp³-hybridized carbons (Fsp3) is 0.438. The zero-order valence-corrected chi connectivity index (χ0v) is 14.4. The van der Waals surface area contributed by atoms with Crippen molar-refractivity contribution in [1.29, 1.82) is 0 Å². The topological polar surface area (TPSA) is 121 Å². The Balaban J connectivity index is 2.24. The van der Waals surface area contributed by atoms with Crippen LogP contribution in [0.3, 0.4) is 0 Å². The molecule has 1 aromatic rings. The molecule has 0 fully saturated rings. The Bertz CT molecular complexity index is 592. The summed E-state index contributed by atoms with van der Waals surface area (Å²) in [6.07, 6.45) is 4.08. The van der Waals surface area contributed by atoms with Crippen molar-refractivity contribution in [1.82, 2.24) is 16.4 Å². The van der Waals surface area contributed by atoms with Gasteiger partial charge in [-0.15, -0.1) is 0 Å². The highest BCUT2D eigenvalue weighted by molar-refractivity contribution is 5.81. The fourth-order valence-electron chi connectivity index (χ4n) is 2.00. The molecule has 1 rings (SSSR count). The molecule has 4 N–H and O–H groups in total. The van der Waals surface area contributed by atoms with Crippen LogP contribution in [-0.2, 0) is 9.59 Å². The number of hydroxylamine groups is 1. The van der Waals surface area contributed by atoms with Crippen molar-refractivity contribution in [2.24, 2.45) is 5.10 Å². The maximum atomic E-state index is 11.6. The number of amides is 2. The Hall–Kier alpha value is -2.81. The van der Waals surface area contributed by atoms with Crippen molar-refractivity contribution >= 4 is 18.0 Å². The summed E-state index contributed by atoms with van der Waals surface area (Å²) < 4.78 is 10.3. The van der Waals surface area contributed by atoms with Gasteiger partial charge in [-0.05, 0) is 36.6 Å². The molecule has 0 bridgehead atoms. The van der Waals surface area contributed by atoms with Gasteiger partial charge in [0.15, 0.2) is 11.5 Å². The number of carbonyl (C=O) groups excluding carboxylic acids is 2. The summed E-state index contributed by atoms with van der Waals surface area (Å²) in [4.78, 5) is 22.4. The van der Waals surface area contributed by atoms with Gasteiger partial charge in [0.25, 0.3) is 0 Å². The summed E-state index contributed by atoms with van der Waals surface area (Å²) in [5.74, 6) is 0.592. The average Bonchev–Trinajstić information content (AvgIpc) is 2.64. The SMILES string of the molecule is COc1ccc(/C=N/NNC(=O)CCCCCC(=O)NO)cc1OC. The van der Waals surface area contributed by atoms with Gasteiger partial charge < -0.3 is 9.47 Å². The number of hydrazine groups is 1. The highest BCUT2D eigenvalue weighted by Gasteiger charge is 2.03. The normalized spacial score (nSPS) is 10.4. The number of carbonyl (C=O) groups is 2. The zero-order valence-electron chi connectivity index (χ0n) is 14.4.